The Morgan fingerprint density at radius 3 is 2.65 bits per heavy atom. The van der Waals surface area contributed by atoms with Crippen LogP contribution in [0.4, 0.5) is 5.88 Å². The molecule has 7 nitrogen and oxygen atoms in total. The Hall–Kier alpha value is -2.98. The molecule has 1 N–H and O–H groups in total. The van der Waals surface area contributed by atoms with Gasteiger partial charge in [0, 0.05) is 12.6 Å². The molecular weight excluding hydrogens is 332 g/mol. The Morgan fingerprint density at radius 1 is 1.23 bits per heavy atom. The third-order valence-electron chi connectivity index (χ3n) is 3.64. The number of nitrogens with zero attached hydrogens (tertiary/aromatic N) is 3. The van der Waals surface area contributed by atoms with Crippen LogP contribution in [0.5, 0.6) is 11.5 Å². The van der Waals surface area contributed by atoms with Gasteiger partial charge in [-0.05, 0) is 50.8 Å². The van der Waals surface area contributed by atoms with Crippen LogP contribution >= 0.6 is 0 Å². The Bertz CT molecular complexity index is 791. The fourth-order valence-corrected chi connectivity index (χ4v) is 2.32. The molecule has 0 aliphatic carbocycles. The molecule has 1 aromatic carbocycles. The summed E-state index contributed by atoms with van der Waals surface area (Å²) in [4.78, 5) is 6.29. The summed E-state index contributed by atoms with van der Waals surface area (Å²) in [6.45, 7) is 1.66. The summed E-state index contributed by atoms with van der Waals surface area (Å²) < 4.78 is 16.1. The predicted octanol–water partition coefficient (Wildman–Crippen LogP) is 3.10. The highest BCUT2D eigenvalue weighted by atomic mass is 16.5. The van der Waals surface area contributed by atoms with Crippen LogP contribution in [0.1, 0.15) is 23.6 Å². The van der Waals surface area contributed by atoms with Crippen LogP contribution in [0.25, 0.3) is 12.2 Å². The highest BCUT2D eigenvalue weighted by molar-refractivity contribution is 5.68. The summed E-state index contributed by atoms with van der Waals surface area (Å²) in [7, 11) is 7.22. The third-order valence-corrected chi connectivity index (χ3v) is 3.64. The van der Waals surface area contributed by atoms with Crippen LogP contribution < -0.4 is 14.8 Å². The lowest BCUT2D eigenvalue weighted by Crippen LogP contribution is -2.16. The van der Waals surface area contributed by atoms with Gasteiger partial charge in [-0.25, -0.2) is 0 Å². The first-order valence-corrected chi connectivity index (χ1v) is 8.27. The van der Waals surface area contributed by atoms with Crippen molar-refractivity contribution in [2.45, 2.75) is 6.42 Å². The van der Waals surface area contributed by atoms with E-state index >= 15 is 0 Å². The van der Waals surface area contributed by atoms with Gasteiger partial charge < -0.3 is 24.1 Å². The summed E-state index contributed by atoms with van der Waals surface area (Å²) in [6, 6.07) is 7.62. The lowest BCUT2D eigenvalue weighted by molar-refractivity contribution is 0.355. The molecule has 0 bridgehead atoms. The second-order valence-corrected chi connectivity index (χ2v) is 5.87. The minimum absolute atomic E-state index is 0.252. The van der Waals surface area contributed by atoms with Crippen LogP contribution in [-0.2, 0) is 0 Å². The van der Waals surface area contributed by atoms with Crippen LogP contribution in [0.2, 0.25) is 0 Å². The zero-order valence-electron chi connectivity index (χ0n) is 15.6. The fraction of sp³-hybridized carbons (Fsp3) is 0.368. The topological polar surface area (TPSA) is 83.5 Å². The smallest absolute Gasteiger partial charge is 0.232 e. The van der Waals surface area contributed by atoms with Crippen LogP contribution in [0.3, 0.4) is 0 Å². The van der Waals surface area contributed by atoms with E-state index in [0.717, 1.165) is 18.5 Å². The van der Waals surface area contributed by atoms with E-state index in [2.05, 4.69) is 15.2 Å². The first-order chi connectivity index (χ1) is 12.6. The van der Waals surface area contributed by atoms with E-state index in [1.807, 2.05) is 44.4 Å². The quantitative estimate of drug-likeness (QED) is 0.691. The first-order valence-electron chi connectivity index (χ1n) is 8.27. The van der Waals surface area contributed by atoms with E-state index in [-0.39, 0.29) is 5.69 Å². The van der Waals surface area contributed by atoms with Gasteiger partial charge in [0.2, 0.25) is 17.5 Å². The highest BCUT2D eigenvalue weighted by Gasteiger charge is 2.11. The molecule has 0 unspecified atom stereocenters. The monoisotopic (exact) mass is 356 g/mol. The van der Waals surface area contributed by atoms with Crippen molar-refractivity contribution in [1.82, 2.24) is 9.88 Å². The Labute approximate surface area is 153 Å². The highest BCUT2D eigenvalue weighted by Crippen LogP contribution is 2.28. The zero-order chi connectivity index (χ0) is 18.9. The van der Waals surface area contributed by atoms with Crippen molar-refractivity contribution < 1.29 is 13.9 Å². The molecule has 0 fully saturated rings. The molecule has 0 atom stereocenters. The molecule has 0 saturated heterocycles. The molecule has 1 aromatic heterocycles. The van der Waals surface area contributed by atoms with Crippen molar-refractivity contribution in [2.75, 3.05) is 46.7 Å². The van der Waals surface area contributed by atoms with E-state index in [1.165, 1.54) is 0 Å². The number of ether oxygens (including phenoxy) is 2. The van der Waals surface area contributed by atoms with Crippen molar-refractivity contribution in [2.24, 2.45) is 0 Å². The summed E-state index contributed by atoms with van der Waals surface area (Å²) in [5, 5.41) is 12.3. The zero-order valence-corrected chi connectivity index (χ0v) is 15.6. The van der Waals surface area contributed by atoms with Gasteiger partial charge in [0.1, 0.15) is 6.07 Å². The first kappa shape index (κ1) is 19.3. The molecule has 0 aliphatic heterocycles. The Balaban J connectivity index is 2.07. The van der Waals surface area contributed by atoms with Crippen molar-refractivity contribution in [3.63, 3.8) is 0 Å². The van der Waals surface area contributed by atoms with Gasteiger partial charge in [-0.15, -0.1) is 0 Å². The second kappa shape index (κ2) is 9.49. The number of nitriles is 1. The molecule has 7 heteroatoms. The molecule has 0 amide bonds. The SMILES string of the molecule is COc1ccc(/C=C/c2nc(C#N)c(NCCCN(C)C)o2)cc1OC. The molecule has 0 spiro atoms. The van der Waals surface area contributed by atoms with Gasteiger partial charge in [-0.2, -0.15) is 10.2 Å². The third kappa shape index (κ3) is 5.26. The average Bonchev–Trinajstić information content (AvgIpc) is 3.05. The molecule has 0 aliphatic rings. The molecule has 1 heterocycles. The predicted molar refractivity (Wildman–Crippen MR) is 101 cm³/mol. The van der Waals surface area contributed by atoms with E-state index < -0.39 is 0 Å². The minimum Gasteiger partial charge on any atom is -0.493 e. The number of aromatic nitrogens is 1. The van der Waals surface area contributed by atoms with Gasteiger partial charge in [0.05, 0.1) is 14.2 Å². The number of methoxy groups -OCH3 is 2. The number of benzene rings is 1. The van der Waals surface area contributed by atoms with Crippen molar-refractivity contribution in [1.29, 1.82) is 5.26 Å². The van der Waals surface area contributed by atoms with E-state index in [9.17, 15) is 5.26 Å². The number of nitrogens with one attached hydrogen (secondary N) is 1. The van der Waals surface area contributed by atoms with Gasteiger partial charge in [0.15, 0.2) is 11.5 Å². The normalized spacial score (nSPS) is 10.9. The summed E-state index contributed by atoms with van der Waals surface area (Å²) in [6.07, 6.45) is 4.49. The lowest BCUT2D eigenvalue weighted by atomic mass is 10.2. The van der Waals surface area contributed by atoms with Crippen molar-refractivity contribution in [3.05, 3.63) is 35.3 Å². The number of oxazole rings is 1. The molecule has 138 valence electrons. The molecule has 0 radical (unpaired) electrons. The number of rotatable bonds is 9. The van der Waals surface area contributed by atoms with E-state index in [0.29, 0.717) is 29.8 Å². The summed E-state index contributed by atoms with van der Waals surface area (Å²) in [5.41, 5.74) is 1.15. The standard InChI is InChI=1S/C19H24N4O3/c1-23(2)11-5-10-21-19-15(13-20)22-18(26-19)9-7-14-6-8-16(24-3)17(12-14)25-4/h6-9,12,21H,5,10-11H2,1-4H3/b9-7+. The van der Waals surface area contributed by atoms with Crippen LogP contribution in [0, 0.1) is 11.3 Å². The lowest BCUT2D eigenvalue weighted by Gasteiger charge is -2.08. The number of anilines is 1. The maximum absolute atomic E-state index is 9.21. The average molecular weight is 356 g/mol. The maximum atomic E-state index is 9.21. The van der Waals surface area contributed by atoms with Crippen LogP contribution in [0.15, 0.2) is 22.6 Å². The molecular formula is C19H24N4O3. The van der Waals surface area contributed by atoms with E-state index in [1.54, 1.807) is 20.3 Å². The van der Waals surface area contributed by atoms with Gasteiger partial charge in [0.25, 0.3) is 0 Å². The molecule has 2 rings (SSSR count). The Kier molecular flexibility index (Phi) is 7.06. The maximum Gasteiger partial charge on any atom is 0.232 e. The Morgan fingerprint density at radius 2 is 2.00 bits per heavy atom. The number of hydrogen-bond donors (Lipinski definition) is 1. The number of hydrogen-bond acceptors (Lipinski definition) is 7. The minimum atomic E-state index is 0.252. The fourth-order valence-electron chi connectivity index (χ4n) is 2.32. The van der Waals surface area contributed by atoms with E-state index in [4.69, 9.17) is 13.9 Å². The molecule has 2 aromatic rings. The molecule has 0 saturated carbocycles. The van der Waals surface area contributed by atoms with Crippen LogP contribution in [-0.4, -0.2) is 51.3 Å². The van der Waals surface area contributed by atoms with Gasteiger partial charge in [-0.1, -0.05) is 6.07 Å². The van der Waals surface area contributed by atoms with Gasteiger partial charge in [-0.3, -0.25) is 0 Å². The van der Waals surface area contributed by atoms with Crippen molar-refractivity contribution in [3.8, 4) is 17.6 Å². The summed E-state index contributed by atoms with van der Waals surface area (Å²) in [5.74, 6) is 2.07. The largest absolute Gasteiger partial charge is 0.493 e. The van der Waals surface area contributed by atoms with Crippen molar-refractivity contribution >= 4 is 18.0 Å². The second-order valence-electron chi connectivity index (χ2n) is 5.87. The summed E-state index contributed by atoms with van der Waals surface area (Å²) >= 11 is 0. The van der Waals surface area contributed by atoms with Gasteiger partial charge >= 0.3 is 0 Å². The molecule has 26 heavy (non-hydrogen) atoms.